The average molecular weight is 470 g/mol. The zero-order valence-corrected chi connectivity index (χ0v) is 19.9. The molecule has 0 aliphatic carbocycles. The average Bonchev–Trinajstić information content (AvgIpc) is 3.09. The van der Waals surface area contributed by atoms with Crippen molar-refractivity contribution in [3.63, 3.8) is 0 Å². The molecule has 7 heteroatoms. The number of amides is 4. The Labute approximate surface area is 204 Å². The Balaban J connectivity index is 1.52. The lowest BCUT2D eigenvalue weighted by Crippen LogP contribution is -2.51. The summed E-state index contributed by atoms with van der Waals surface area (Å²) >= 11 is 0. The van der Waals surface area contributed by atoms with Crippen LogP contribution in [0, 0.1) is 20.8 Å². The van der Waals surface area contributed by atoms with Gasteiger partial charge in [-0.1, -0.05) is 60.2 Å². The number of nitrogens with zero attached hydrogens (tertiary/aromatic N) is 1. The lowest BCUT2D eigenvalue weighted by atomic mass is 10.0. The Morgan fingerprint density at radius 3 is 1.94 bits per heavy atom. The fourth-order valence-corrected chi connectivity index (χ4v) is 4.48. The van der Waals surface area contributed by atoms with Crippen LogP contribution >= 0.6 is 0 Å². The van der Waals surface area contributed by atoms with E-state index in [-0.39, 0.29) is 24.1 Å². The van der Waals surface area contributed by atoms with E-state index in [4.69, 9.17) is 0 Å². The van der Waals surface area contributed by atoms with E-state index < -0.39 is 29.7 Å². The molecular formula is C28H27N3O4. The molecule has 1 aliphatic rings. The zero-order chi connectivity index (χ0) is 25.1. The normalized spacial score (nSPS) is 13.4. The van der Waals surface area contributed by atoms with Crippen molar-refractivity contribution in [3.8, 4) is 0 Å². The van der Waals surface area contributed by atoms with Crippen molar-refractivity contribution in [3.05, 3.63) is 100 Å². The van der Waals surface area contributed by atoms with E-state index in [1.807, 2.05) is 63.2 Å². The van der Waals surface area contributed by atoms with Crippen LogP contribution in [0.2, 0.25) is 0 Å². The fourth-order valence-electron chi connectivity index (χ4n) is 4.48. The largest absolute Gasteiger partial charge is 0.345 e. The van der Waals surface area contributed by atoms with Gasteiger partial charge < -0.3 is 10.6 Å². The lowest BCUT2D eigenvalue weighted by molar-refractivity contribution is -0.127. The summed E-state index contributed by atoms with van der Waals surface area (Å²) in [6, 6.07) is 18.5. The molecule has 35 heavy (non-hydrogen) atoms. The van der Waals surface area contributed by atoms with Gasteiger partial charge in [0.05, 0.1) is 17.7 Å². The van der Waals surface area contributed by atoms with Crippen molar-refractivity contribution in [1.82, 2.24) is 10.2 Å². The maximum absolute atomic E-state index is 13.3. The highest BCUT2D eigenvalue weighted by Crippen LogP contribution is 2.26. The Bertz CT molecular complexity index is 1260. The number of hydrogen-bond acceptors (Lipinski definition) is 4. The van der Waals surface area contributed by atoms with Gasteiger partial charge in [-0.25, -0.2) is 0 Å². The second-order valence-corrected chi connectivity index (χ2v) is 8.77. The predicted molar refractivity (Wildman–Crippen MR) is 133 cm³/mol. The number of fused-ring (bicyclic) bond motifs is 1. The highest BCUT2D eigenvalue weighted by Gasteiger charge is 2.42. The summed E-state index contributed by atoms with van der Waals surface area (Å²) < 4.78 is 0. The molecule has 0 fully saturated rings. The maximum Gasteiger partial charge on any atom is 0.262 e. The topological polar surface area (TPSA) is 95.6 Å². The van der Waals surface area contributed by atoms with E-state index in [2.05, 4.69) is 10.6 Å². The number of rotatable bonds is 7. The third kappa shape index (κ3) is 4.99. The summed E-state index contributed by atoms with van der Waals surface area (Å²) in [6.45, 7) is 5.51. The molecule has 0 spiro atoms. The molecule has 1 aliphatic heterocycles. The van der Waals surface area contributed by atoms with Crippen LogP contribution in [0.5, 0.6) is 0 Å². The van der Waals surface area contributed by atoms with Gasteiger partial charge in [-0.05, 0) is 49.6 Å². The molecule has 4 rings (SSSR count). The monoisotopic (exact) mass is 469 g/mol. The fraction of sp³-hybridized carbons (Fsp3) is 0.214. The Kier molecular flexibility index (Phi) is 6.78. The van der Waals surface area contributed by atoms with E-state index in [0.717, 1.165) is 27.2 Å². The van der Waals surface area contributed by atoms with Crippen molar-refractivity contribution in [1.29, 1.82) is 0 Å². The first-order valence-corrected chi connectivity index (χ1v) is 11.4. The summed E-state index contributed by atoms with van der Waals surface area (Å²) in [5.74, 6) is -2.00. The summed E-state index contributed by atoms with van der Waals surface area (Å²) in [6.07, 6.45) is 0.135. The van der Waals surface area contributed by atoms with Gasteiger partial charge in [0.15, 0.2) is 0 Å². The standard InChI is InChI=1S/C28H27N3O4/c1-17-13-18(2)25(19(3)14-17)30-24(32)16-29-26(33)23(15-20-9-5-4-6-10-20)31-27(34)21-11-7-8-12-22(21)28(31)35/h4-14,23H,15-16H2,1-3H3,(H,29,33)(H,30,32)/t23-/m0/s1. The van der Waals surface area contributed by atoms with Gasteiger partial charge in [-0.2, -0.15) is 0 Å². The molecule has 3 aromatic rings. The second-order valence-electron chi connectivity index (χ2n) is 8.77. The highest BCUT2D eigenvalue weighted by molar-refractivity contribution is 6.23. The highest BCUT2D eigenvalue weighted by atomic mass is 16.2. The zero-order valence-electron chi connectivity index (χ0n) is 19.9. The van der Waals surface area contributed by atoms with Crippen LogP contribution in [0.3, 0.4) is 0 Å². The number of benzene rings is 3. The molecule has 1 atom stereocenters. The minimum Gasteiger partial charge on any atom is -0.345 e. The van der Waals surface area contributed by atoms with Gasteiger partial charge in [-0.15, -0.1) is 0 Å². The van der Waals surface area contributed by atoms with Gasteiger partial charge in [0, 0.05) is 12.1 Å². The first kappa shape index (κ1) is 23.9. The van der Waals surface area contributed by atoms with Gasteiger partial charge in [-0.3, -0.25) is 24.1 Å². The smallest absolute Gasteiger partial charge is 0.262 e. The molecule has 178 valence electrons. The lowest BCUT2D eigenvalue weighted by Gasteiger charge is -2.25. The molecular weight excluding hydrogens is 442 g/mol. The minimum atomic E-state index is -1.10. The number of carbonyl (C=O) groups is 4. The van der Waals surface area contributed by atoms with Crippen molar-refractivity contribution < 1.29 is 19.2 Å². The van der Waals surface area contributed by atoms with E-state index in [1.54, 1.807) is 24.3 Å². The number of nitrogens with one attached hydrogen (secondary N) is 2. The number of aryl methyl sites for hydroxylation is 3. The molecule has 0 aromatic heterocycles. The predicted octanol–water partition coefficient (Wildman–Crippen LogP) is 3.57. The Hall–Kier alpha value is -4.26. The number of imide groups is 1. The molecule has 3 aromatic carbocycles. The Morgan fingerprint density at radius 1 is 0.829 bits per heavy atom. The number of hydrogen-bond donors (Lipinski definition) is 2. The van der Waals surface area contributed by atoms with Gasteiger partial charge >= 0.3 is 0 Å². The molecule has 7 nitrogen and oxygen atoms in total. The van der Waals surface area contributed by atoms with Crippen molar-refractivity contribution >= 4 is 29.3 Å². The molecule has 0 saturated heterocycles. The van der Waals surface area contributed by atoms with Crippen LogP contribution in [0.1, 0.15) is 43.0 Å². The van der Waals surface area contributed by atoms with Crippen LogP contribution in [-0.4, -0.2) is 41.1 Å². The summed E-state index contributed by atoms with van der Waals surface area (Å²) in [5.41, 5.74) is 4.98. The quantitative estimate of drug-likeness (QED) is 0.517. The number of anilines is 1. The van der Waals surface area contributed by atoms with Gasteiger partial charge in [0.25, 0.3) is 11.8 Å². The first-order valence-electron chi connectivity index (χ1n) is 11.4. The second kappa shape index (κ2) is 9.93. The van der Waals surface area contributed by atoms with Crippen LogP contribution in [0.15, 0.2) is 66.7 Å². The minimum absolute atomic E-state index is 0.135. The Morgan fingerprint density at radius 2 is 1.37 bits per heavy atom. The SMILES string of the molecule is Cc1cc(C)c(NC(=O)CNC(=O)[C@H](Cc2ccccc2)N2C(=O)c3ccccc3C2=O)c(C)c1. The van der Waals surface area contributed by atoms with E-state index >= 15 is 0 Å². The van der Waals surface area contributed by atoms with Crippen molar-refractivity contribution in [2.24, 2.45) is 0 Å². The molecule has 0 bridgehead atoms. The molecule has 2 N–H and O–H groups in total. The molecule has 1 heterocycles. The van der Waals surface area contributed by atoms with Crippen LogP contribution in [0.25, 0.3) is 0 Å². The molecule has 0 radical (unpaired) electrons. The van der Waals surface area contributed by atoms with E-state index in [1.165, 1.54) is 0 Å². The van der Waals surface area contributed by atoms with Crippen molar-refractivity contribution in [2.45, 2.75) is 33.2 Å². The van der Waals surface area contributed by atoms with Gasteiger partial charge in [0.2, 0.25) is 11.8 Å². The van der Waals surface area contributed by atoms with E-state index in [9.17, 15) is 19.2 Å². The maximum atomic E-state index is 13.3. The summed E-state index contributed by atoms with van der Waals surface area (Å²) in [7, 11) is 0. The summed E-state index contributed by atoms with van der Waals surface area (Å²) in [5, 5.41) is 5.47. The van der Waals surface area contributed by atoms with Crippen LogP contribution in [-0.2, 0) is 16.0 Å². The van der Waals surface area contributed by atoms with Gasteiger partial charge in [0.1, 0.15) is 6.04 Å². The molecule has 0 unspecified atom stereocenters. The first-order chi connectivity index (χ1) is 16.8. The third-order valence-corrected chi connectivity index (χ3v) is 6.08. The summed E-state index contributed by atoms with van der Waals surface area (Å²) in [4.78, 5) is 53.1. The molecule has 0 saturated carbocycles. The molecule has 4 amide bonds. The van der Waals surface area contributed by atoms with Crippen molar-refractivity contribution in [2.75, 3.05) is 11.9 Å². The van der Waals surface area contributed by atoms with Crippen LogP contribution in [0.4, 0.5) is 5.69 Å². The third-order valence-electron chi connectivity index (χ3n) is 6.08. The van der Waals surface area contributed by atoms with Crippen LogP contribution < -0.4 is 10.6 Å². The van der Waals surface area contributed by atoms with E-state index in [0.29, 0.717) is 5.69 Å². The number of carbonyl (C=O) groups excluding carboxylic acids is 4.